The summed E-state index contributed by atoms with van der Waals surface area (Å²) in [6.45, 7) is 4.62. The Balaban J connectivity index is 1.52. The number of benzene rings is 5. The van der Waals surface area contributed by atoms with Crippen LogP contribution < -0.4 is 5.46 Å². The topological polar surface area (TPSA) is 40.5 Å². The molecule has 1 aliphatic rings. The summed E-state index contributed by atoms with van der Waals surface area (Å²) >= 11 is 1.65. The Morgan fingerprint density at radius 1 is 0.657 bits per heavy atom. The summed E-state index contributed by atoms with van der Waals surface area (Å²) in [6.07, 6.45) is 0. The van der Waals surface area contributed by atoms with E-state index >= 15 is 0 Å². The van der Waals surface area contributed by atoms with E-state index in [1.54, 1.807) is 11.3 Å². The van der Waals surface area contributed by atoms with E-state index in [9.17, 15) is 10.0 Å². The fourth-order valence-corrected chi connectivity index (χ4v) is 7.35. The minimum Gasteiger partial charge on any atom is -0.423 e. The van der Waals surface area contributed by atoms with Crippen molar-refractivity contribution in [2.75, 3.05) is 0 Å². The van der Waals surface area contributed by atoms with Gasteiger partial charge in [-0.05, 0) is 50.2 Å². The fourth-order valence-electron chi connectivity index (χ4n) is 5.96. The number of hydrogen-bond acceptors (Lipinski definition) is 3. The van der Waals surface area contributed by atoms with E-state index in [-0.39, 0.29) is 5.41 Å². The summed E-state index contributed by atoms with van der Waals surface area (Å²) in [4.78, 5) is 0. The molecule has 0 spiro atoms. The summed E-state index contributed by atoms with van der Waals surface area (Å²) in [6, 6.07) is 32.1. The molecule has 6 aromatic rings. The third-order valence-electron chi connectivity index (χ3n) is 7.69. The molecule has 1 aromatic heterocycles. The normalized spacial score (nSPS) is 13.9. The molecule has 4 heteroatoms. The molecule has 2 N–H and O–H groups in total. The van der Waals surface area contributed by atoms with Crippen LogP contribution in [0.2, 0.25) is 0 Å². The van der Waals surface area contributed by atoms with Gasteiger partial charge in [-0.1, -0.05) is 98.8 Å². The summed E-state index contributed by atoms with van der Waals surface area (Å²) in [5.41, 5.74) is 8.25. The highest BCUT2D eigenvalue weighted by Crippen LogP contribution is 2.50. The lowest BCUT2D eigenvalue weighted by Crippen LogP contribution is -2.29. The van der Waals surface area contributed by atoms with Crippen LogP contribution in [0.25, 0.3) is 53.2 Å². The van der Waals surface area contributed by atoms with Crippen molar-refractivity contribution < 1.29 is 10.0 Å². The Labute approximate surface area is 208 Å². The number of hydrogen-bond donors (Lipinski definition) is 2. The van der Waals surface area contributed by atoms with Crippen LogP contribution >= 0.6 is 11.3 Å². The first-order valence-corrected chi connectivity index (χ1v) is 12.7. The molecule has 168 valence electrons. The summed E-state index contributed by atoms with van der Waals surface area (Å²) in [7, 11) is -1.52. The van der Waals surface area contributed by atoms with Gasteiger partial charge < -0.3 is 10.0 Å². The lowest BCUT2D eigenvalue weighted by atomic mass is 9.78. The van der Waals surface area contributed by atoms with Crippen LogP contribution in [0.15, 0.2) is 91.0 Å². The Morgan fingerprint density at radius 3 is 2.23 bits per heavy atom. The standard InChI is InChI=1S/C31H23BO2S/c1-31(2)25-13-6-5-10-22(25)23-15-14-19(16-26(23)31)21-11-7-12-24-28-20-9-4-3-8-18(20)17-27(32(33)34)30(28)35-29(21)24/h3-17,33-34H,1-2H3. The minimum atomic E-state index is -1.52. The lowest BCUT2D eigenvalue weighted by Gasteiger charge is -2.22. The van der Waals surface area contributed by atoms with Crippen LogP contribution in [0.1, 0.15) is 25.0 Å². The second kappa shape index (κ2) is 7.28. The smallest absolute Gasteiger partial charge is 0.423 e. The second-order valence-corrected chi connectivity index (χ2v) is 11.0. The van der Waals surface area contributed by atoms with Crippen molar-refractivity contribution in [3.63, 3.8) is 0 Å². The number of rotatable bonds is 2. The largest absolute Gasteiger partial charge is 0.489 e. The van der Waals surface area contributed by atoms with Crippen LogP contribution in [0.4, 0.5) is 0 Å². The van der Waals surface area contributed by atoms with E-state index in [0.29, 0.717) is 5.46 Å². The van der Waals surface area contributed by atoms with Crippen molar-refractivity contribution in [2.24, 2.45) is 0 Å². The molecule has 7 rings (SSSR count). The van der Waals surface area contributed by atoms with E-state index in [1.165, 1.54) is 38.1 Å². The Bertz CT molecular complexity index is 1810. The van der Waals surface area contributed by atoms with Gasteiger partial charge in [0, 0.05) is 31.1 Å². The van der Waals surface area contributed by atoms with Crippen molar-refractivity contribution in [1.82, 2.24) is 0 Å². The minimum absolute atomic E-state index is 0.0552. The van der Waals surface area contributed by atoms with Crippen molar-refractivity contribution in [2.45, 2.75) is 19.3 Å². The van der Waals surface area contributed by atoms with Crippen LogP contribution in [0.3, 0.4) is 0 Å². The third-order valence-corrected chi connectivity index (χ3v) is 8.98. The van der Waals surface area contributed by atoms with Crippen LogP contribution in [-0.4, -0.2) is 17.2 Å². The van der Waals surface area contributed by atoms with Gasteiger partial charge in [0.25, 0.3) is 0 Å². The number of fused-ring (bicyclic) bond motifs is 8. The molecule has 1 heterocycles. The highest BCUT2D eigenvalue weighted by molar-refractivity contribution is 7.27. The van der Waals surface area contributed by atoms with Crippen molar-refractivity contribution in [3.05, 3.63) is 102 Å². The molecule has 35 heavy (non-hydrogen) atoms. The lowest BCUT2D eigenvalue weighted by molar-refractivity contribution is 0.426. The molecule has 0 amide bonds. The Morgan fingerprint density at radius 2 is 1.37 bits per heavy atom. The third kappa shape index (κ3) is 2.85. The molecule has 2 nitrogen and oxygen atoms in total. The molecule has 0 aliphatic heterocycles. The summed E-state index contributed by atoms with van der Waals surface area (Å²) in [5, 5.41) is 24.8. The molecular formula is C31H23BO2S. The van der Waals surface area contributed by atoms with Gasteiger partial charge in [-0.15, -0.1) is 11.3 Å². The highest BCUT2D eigenvalue weighted by Gasteiger charge is 2.35. The number of thiophene rings is 1. The average molecular weight is 470 g/mol. The molecule has 1 aliphatic carbocycles. The molecule has 0 saturated carbocycles. The van der Waals surface area contributed by atoms with E-state index in [0.717, 1.165) is 26.2 Å². The monoisotopic (exact) mass is 470 g/mol. The van der Waals surface area contributed by atoms with Gasteiger partial charge in [0.05, 0.1) is 0 Å². The SMILES string of the molecule is CC1(C)c2ccccc2-c2ccc(-c3cccc4c3sc3c(B(O)O)cc5ccccc5c34)cc21. The van der Waals surface area contributed by atoms with Crippen molar-refractivity contribution in [1.29, 1.82) is 0 Å². The molecule has 0 radical (unpaired) electrons. The molecular weight excluding hydrogens is 447 g/mol. The molecule has 0 atom stereocenters. The molecule has 0 unspecified atom stereocenters. The Hall–Kier alpha value is -3.44. The summed E-state index contributed by atoms with van der Waals surface area (Å²) in [5.74, 6) is 0. The van der Waals surface area contributed by atoms with Crippen LogP contribution in [-0.2, 0) is 5.41 Å². The van der Waals surface area contributed by atoms with Crippen molar-refractivity contribution in [3.8, 4) is 22.3 Å². The van der Waals surface area contributed by atoms with Gasteiger partial charge in [-0.3, -0.25) is 0 Å². The quantitative estimate of drug-likeness (QED) is 0.272. The zero-order chi connectivity index (χ0) is 23.9. The second-order valence-electron chi connectivity index (χ2n) is 9.98. The van der Waals surface area contributed by atoms with Gasteiger partial charge in [-0.25, -0.2) is 0 Å². The first kappa shape index (κ1) is 20.9. The van der Waals surface area contributed by atoms with E-state index in [1.807, 2.05) is 24.3 Å². The van der Waals surface area contributed by atoms with Crippen LogP contribution in [0, 0.1) is 0 Å². The maximum absolute atomic E-state index is 10.2. The maximum atomic E-state index is 10.2. The molecule has 5 aromatic carbocycles. The predicted molar refractivity (Wildman–Crippen MR) is 150 cm³/mol. The summed E-state index contributed by atoms with van der Waals surface area (Å²) < 4.78 is 2.11. The van der Waals surface area contributed by atoms with E-state index < -0.39 is 7.12 Å². The van der Waals surface area contributed by atoms with Gasteiger partial charge in [-0.2, -0.15) is 0 Å². The van der Waals surface area contributed by atoms with Gasteiger partial charge in [0.15, 0.2) is 0 Å². The highest BCUT2D eigenvalue weighted by atomic mass is 32.1. The molecule has 0 bridgehead atoms. The first-order valence-electron chi connectivity index (χ1n) is 11.9. The first-order chi connectivity index (χ1) is 16.9. The molecule has 0 fully saturated rings. The zero-order valence-corrected chi connectivity index (χ0v) is 20.4. The van der Waals surface area contributed by atoms with E-state index in [4.69, 9.17) is 0 Å². The average Bonchev–Trinajstić information content (AvgIpc) is 3.37. The van der Waals surface area contributed by atoms with Gasteiger partial charge in [0.1, 0.15) is 0 Å². The zero-order valence-electron chi connectivity index (χ0n) is 19.5. The fraction of sp³-hybridized carbons (Fsp3) is 0.0968. The molecule has 0 saturated heterocycles. The van der Waals surface area contributed by atoms with Gasteiger partial charge >= 0.3 is 7.12 Å². The maximum Gasteiger partial charge on any atom is 0.489 e. The van der Waals surface area contributed by atoms with Crippen LogP contribution in [0.5, 0.6) is 0 Å². The van der Waals surface area contributed by atoms with E-state index in [2.05, 4.69) is 80.6 Å². The van der Waals surface area contributed by atoms with Crippen molar-refractivity contribution >= 4 is 54.9 Å². The Kier molecular flexibility index (Phi) is 4.35. The van der Waals surface area contributed by atoms with Gasteiger partial charge in [0.2, 0.25) is 0 Å². The predicted octanol–water partition coefficient (Wildman–Crippen LogP) is 6.86.